The summed E-state index contributed by atoms with van der Waals surface area (Å²) in [6.07, 6.45) is 0. The van der Waals surface area contributed by atoms with Gasteiger partial charge in [0.15, 0.2) is 0 Å². The second-order valence-electron chi connectivity index (χ2n) is 3.75. The number of aliphatic carboxylic acids is 2. The van der Waals surface area contributed by atoms with E-state index in [0.717, 1.165) is 0 Å². The Morgan fingerprint density at radius 1 is 0.929 bits per heavy atom. The molecule has 76 valence electrons. The molecule has 0 rings (SSSR count). The molecule has 0 N–H and O–H groups in total. The Balaban J connectivity index is 0. The predicted octanol–water partition coefficient (Wildman–Crippen LogP) is -1.60. The summed E-state index contributed by atoms with van der Waals surface area (Å²) in [5.74, 6) is -4.25. The van der Waals surface area contributed by atoms with Crippen LogP contribution in [0, 0.1) is 17.3 Å². The predicted molar refractivity (Wildman–Crippen MR) is 47.9 cm³/mol. The molecule has 0 radical (unpaired) electrons. The second kappa shape index (κ2) is 6.17. The van der Waals surface area contributed by atoms with Crippen LogP contribution < -0.4 is 10.2 Å². The maximum Gasteiger partial charge on any atom is 2.00 e. The Hall–Kier alpha value is 0.511. The van der Waals surface area contributed by atoms with Gasteiger partial charge in [-0.05, 0) is 11.8 Å². The van der Waals surface area contributed by atoms with Gasteiger partial charge in [-0.25, -0.2) is 0 Å². The molecule has 0 saturated carbocycles. The van der Waals surface area contributed by atoms with Crippen LogP contribution in [-0.4, -0.2) is 60.8 Å². The van der Waals surface area contributed by atoms with Gasteiger partial charge in [0.1, 0.15) is 0 Å². The van der Waals surface area contributed by atoms with E-state index in [4.69, 9.17) is 0 Å². The first-order valence-electron chi connectivity index (χ1n) is 4.20. The van der Waals surface area contributed by atoms with Crippen LogP contribution in [0.25, 0.3) is 0 Å². The summed E-state index contributed by atoms with van der Waals surface area (Å²) in [6.45, 7) is 6.13. The van der Waals surface area contributed by atoms with E-state index < -0.39 is 29.2 Å². The number of hydrogen-bond donors (Lipinski definition) is 0. The fourth-order valence-electron chi connectivity index (χ4n) is 1.69. The fraction of sp³-hybridized carbons (Fsp3) is 0.778. The van der Waals surface area contributed by atoms with Gasteiger partial charge in [-0.2, -0.15) is 0 Å². The van der Waals surface area contributed by atoms with Crippen LogP contribution in [0.15, 0.2) is 0 Å². The molecule has 0 aromatic rings. The minimum Gasteiger partial charge on any atom is -0.549 e. The van der Waals surface area contributed by atoms with Crippen LogP contribution in [0.1, 0.15) is 27.7 Å². The van der Waals surface area contributed by atoms with Crippen LogP contribution in [0.4, 0.5) is 0 Å². The van der Waals surface area contributed by atoms with Crippen LogP contribution in [0.5, 0.6) is 0 Å². The first-order chi connectivity index (χ1) is 5.77. The number of carboxylic acid groups (broad SMARTS) is 2. The number of carboxylic acids is 2. The Labute approximate surface area is 124 Å². The molecule has 5 heteroatoms. The largest absolute Gasteiger partial charge is 2.00 e. The van der Waals surface area contributed by atoms with E-state index >= 15 is 0 Å². The third kappa shape index (κ3) is 2.76. The number of carbonyl (C=O) groups excluding carboxylic acids is 2. The molecule has 0 atom stereocenters. The first-order valence-corrected chi connectivity index (χ1v) is 4.20. The quantitative estimate of drug-likeness (QED) is 0.461. The van der Waals surface area contributed by atoms with Crippen molar-refractivity contribution in [3.8, 4) is 0 Å². The molecule has 0 bridgehead atoms. The van der Waals surface area contributed by atoms with E-state index in [0.29, 0.717) is 0 Å². The Morgan fingerprint density at radius 2 is 1.14 bits per heavy atom. The summed E-state index contributed by atoms with van der Waals surface area (Å²) < 4.78 is 0. The zero-order chi connectivity index (χ0) is 10.8. The van der Waals surface area contributed by atoms with Gasteiger partial charge in [0.25, 0.3) is 0 Å². The molecule has 0 amide bonds. The third-order valence-corrected chi connectivity index (χ3v) is 2.50. The smallest absolute Gasteiger partial charge is 0.549 e. The van der Waals surface area contributed by atoms with Crippen LogP contribution in [0.2, 0.25) is 0 Å². The van der Waals surface area contributed by atoms with Crippen molar-refractivity contribution in [2.45, 2.75) is 27.7 Å². The fourth-order valence-corrected chi connectivity index (χ4v) is 1.69. The summed E-state index contributed by atoms with van der Waals surface area (Å²) in [6, 6.07) is 0. The second-order valence-corrected chi connectivity index (χ2v) is 3.75. The molecular formula is C9H14BaO4. The van der Waals surface area contributed by atoms with E-state index in [9.17, 15) is 19.8 Å². The van der Waals surface area contributed by atoms with Crippen molar-refractivity contribution >= 4 is 60.8 Å². The molecule has 0 unspecified atom stereocenters. The molecule has 0 fully saturated rings. The van der Waals surface area contributed by atoms with Crippen molar-refractivity contribution in [3.63, 3.8) is 0 Å². The van der Waals surface area contributed by atoms with Crippen molar-refractivity contribution in [1.82, 2.24) is 0 Å². The van der Waals surface area contributed by atoms with Crippen molar-refractivity contribution < 1.29 is 19.8 Å². The van der Waals surface area contributed by atoms with Gasteiger partial charge in [0, 0.05) is 0 Å². The molecular weight excluding hydrogens is 309 g/mol. The molecule has 0 saturated heterocycles. The molecule has 14 heavy (non-hydrogen) atoms. The number of hydrogen-bond acceptors (Lipinski definition) is 4. The Kier molecular flexibility index (Phi) is 7.46. The molecule has 0 aromatic carbocycles. The monoisotopic (exact) mass is 324 g/mol. The Morgan fingerprint density at radius 3 is 1.14 bits per heavy atom. The van der Waals surface area contributed by atoms with Gasteiger partial charge in [0.05, 0.1) is 17.4 Å². The average molecular weight is 324 g/mol. The topological polar surface area (TPSA) is 80.3 Å². The van der Waals surface area contributed by atoms with Crippen molar-refractivity contribution in [2.75, 3.05) is 0 Å². The normalized spacial score (nSPS) is 11.3. The molecule has 0 aliphatic carbocycles. The number of rotatable bonds is 4. The van der Waals surface area contributed by atoms with Gasteiger partial charge in [0.2, 0.25) is 0 Å². The van der Waals surface area contributed by atoms with E-state index in [-0.39, 0.29) is 48.9 Å². The zero-order valence-corrected chi connectivity index (χ0v) is 13.4. The van der Waals surface area contributed by atoms with E-state index in [1.54, 1.807) is 0 Å². The molecule has 0 aliphatic heterocycles. The molecule has 0 heterocycles. The maximum absolute atomic E-state index is 10.8. The number of carbonyl (C=O) groups is 2. The first kappa shape index (κ1) is 16.9. The third-order valence-electron chi connectivity index (χ3n) is 2.50. The van der Waals surface area contributed by atoms with E-state index in [1.807, 2.05) is 0 Å². The maximum atomic E-state index is 10.8. The van der Waals surface area contributed by atoms with E-state index in [2.05, 4.69) is 0 Å². The van der Waals surface area contributed by atoms with Crippen LogP contribution in [0.3, 0.4) is 0 Å². The molecule has 0 aromatic heterocycles. The van der Waals surface area contributed by atoms with Gasteiger partial charge < -0.3 is 19.8 Å². The average Bonchev–Trinajstić information content (AvgIpc) is 1.82. The molecule has 0 spiro atoms. The van der Waals surface area contributed by atoms with Crippen molar-refractivity contribution in [3.05, 3.63) is 0 Å². The SMILES string of the molecule is CC(C)C(C(=O)[O-])(C(=O)[O-])C(C)C.[Ba+2]. The van der Waals surface area contributed by atoms with Gasteiger partial charge >= 0.3 is 48.9 Å². The van der Waals surface area contributed by atoms with Crippen LogP contribution in [-0.2, 0) is 9.59 Å². The Bertz CT molecular complexity index is 199. The summed E-state index contributed by atoms with van der Waals surface area (Å²) in [5, 5.41) is 21.6. The van der Waals surface area contributed by atoms with Gasteiger partial charge in [-0.3, -0.25) is 0 Å². The molecule has 4 nitrogen and oxygen atoms in total. The zero-order valence-electron chi connectivity index (χ0n) is 8.99. The molecule has 0 aliphatic rings. The van der Waals surface area contributed by atoms with Gasteiger partial charge in [-0.1, -0.05) is 27.7 Å². The van der Waals surface area contributed by atoms with Gasteiger partial charge in [-0.15, -0.1) is 0 Å². The van der Waals surface area contributed by atoms with Crippen LogP contribution >= 0.6 is 0 Å². The van der Waals surface area contributed by atoms with E-state index in [1.165, 1.54) is 27.7 Å². The summed E-state index contributed by atoms with van der Waals surface area (Å²) in [4.78, 5) is 21.6. The minimum atomic E-state index is -1.89. The van der Waals surface area contributed by atoms with Crippen molar-refractivity contribution in [2.24, 2.45) is 17.3 Å². The summed E-state index contributed by atoms with van der Waals surface area (Å²) in [5.41, 5.74) is -1.89. The minimum absolute atomic E-state index is 0. The van der Waals surface area contributed by atoms with Crippen molar-refractivity contribution in [1.29, 1.82) is 0 Å². The summed E-state index contributed by atoms with van der Waals surface area (Å²) in [7, 11) is 0. The summed E-state index contributed by atoms with van der Waals surface area (Å²) >= 11 is 0. The standard InChI is InChI=1S/C9H16O4.Ba/c1-5(2)9(6(3)4,7(10)11)8(12)13;/h5-6H,1-4H3,(H,10,11)(H,12,13);/q;+2/p-2.